The molecule has 5 rings (SSSR count). The van der Waals surface area contributed by atoms with Gasteiger partial charge >= 0.3 is 0 Å². The van der Waals surface area contributed by atoms with E-state index in [0.29, 0.717) is 36.1 Å². The molecule has 0 spiro atoms. The number of carboxylic acid groups (broad SMARTS) is 1. The van der Waals surface area contributed by atoms with Gasteiger partial charge in [-0.15, -0.1) is 12.6 Å². The third kappa shape index (κ3) is 20.3. The molecule has 12 nitrogen and oxygen atoms in total. The number of benzene rings is 2. The Balaban J connectivity index is 0.00000156. The number of carbonyl (C=O) groups excluding carboxylic acids is 2. The minimum absolute atomic E-state index is 0.178. The van der Waals surface area contributed by atoms with Crippen molar-refractivity contribution in [3.05, 3.63) is 88.1 Å². The molecule has 2 saturated heterocycles. The highest BCUT2D eigenvalue weighted by molar-refractivity contribution is 7.80. The Labute approximate surface area is 349 Å². The van der Waals surface area contributed by atoms with E-state index in [1.807, 2.05) is 32.1 Å². The average Bonchev–Trinajstić information content (AvgIpc) is 3.88. The molecule has 1 atom stereocenters. The predicted octanol–water partition coefficient (Wildman–Crippen LogP) is 7.34. The fraction of sp³-hybridized carbons (Fsp3) is 0.500. The fourth-order valence-electron chi connectivity index (χ4n) is 6.03. The number of rotatable bonds is 14. The van der Waals surface area contributed by atoms with Crippen molar-refractivity contribution in [2.24, 2.45) is 16.6 Å². The fourth-order valence-corrected chi connectivity index (χ4v) is 6.46. The van der Waals surface area contributed by atoms with Crippen LogP contribution in [0.3, 0.4) is 0 Å². The summed E-state index contributed by atoms with van der Waals surface area (Å²) in [5.74, 6) is 1.12. The normalized spacial score (nSPS) is 14.5. The standard InChI is InChI=1S/C32H40ClFN4OS.C5H9NO.C2H6.CH3NO.CH2O2.CH4O/c1-4-18-39-32(40)22-38-30-13-10-23(5-2)19-29(30)36-31(38)21-37-16-14-25(15-17-37)28(35-3)9-7-6-8-24-11-12-26(33)20-27(24)34;7-5-6-3-1-2-4-6;1-2;2*2-1-3;1-2/h6-7,9-13,19-20,25,32,40H,3-5,8,14-18,21-22H2,1-2H3;5H,1-4H2;1-2H3;1H,(H2,2,3);1H,(H,2,3);2H,1H3/b7-6-,28-9-;;;;;. The topological polar surface area (TPSA) is 164 Å². The van der Waals surface area contributed by atoms with Gasteiger partial charge in [0.2, 0.25) is 12.8 Å². The van der Waals surface area contributed by atoms with E-state index < -0.39 is 0 Å². The molecule has 15 heteroatoms. The van der Waals surface area contributed by atoms with Crippen LogP contribution in [-0.4, -0.2) is 101 Å². The first-order valence-electron chi connectivity index (χ1n) is 19.3. The lowest BCUT2D eigenvalue weighted by Crippen LogP contribution is -2.34. The van der Waals surface area contributed by atoms with Crippen LogP contribution in [0, 0.1) is 11.7 Å². The molecule has 4 N–H and O–H groups in total. The van der Waals surface area contributed by atoms with Crippen LogP contribution in [0.4, 0.5) is 4.39 Å². The van der Waals surface area contributed by atoms with Crippen molar-refractivity contribution in [2.45, 2.75) is 91.2 Å². The summed E-state index contributed by atoms with van der Waals surface area (Å²) in [5.41, 5.74) is 9.05. The highest BCUT2D eigenvalue weighted by Gasteiger charge is 2.24. The molecular weight excluding hydrogens is 771 g/mol. The lowest BCUT2D eigenvalue weighted by molar-refractivity contribution is -0.123. The summed E-state index contributed by atoms with van der Waals surface area (Å²) in [6.07, 6.45) is 13.9. The second kappa shape index (κ2) is 32.9. The number of allylic oxidation sites excluding steroid dienone is 4. The van der Waals surface area contributed by atoms with Crippen LogP contribution in [0.25, 0.3) is 11.0 Å². The number of nitrogens with zero attached hydrogens (tertiary/aromatic N) is 5. The van der Waals surface area contributed by atoms with Crippen molar-refractivity contribution in [1.29, 1.82) is 0 Å². The van der Waals surface area contributed by atoms with E-state index in [-0.39, 0.29) is 24.1 Å². The maximum Gasteiger partial charge on any atom is 0.290 e. The SMILES string of the molecule is C=N/C(=C\C=C/Cc1ccc(Cl)cc1F)C1CCN(Cc2nc3cc(CC)ccc3n2CC(S)OCCC)CC1.CC.CO.NC=O.O=CN1CCCC1.O=CO. The summed E-state index contributed by atoms with van der Waals surface area (Å²) in [7, 11) is 1.00. The number of fused-ring (bicyclic) bond motifs is 1. The van der Waals surface area contributed by atoms with Crippen molar-refractivity contribution in [3.8, 4) is 0 Å². The van der Waals surface area contributed by atoms with Crippen molar-refractivity contribution in [2.75, 3.05) is 39.9 Å². The summed E-state index contributed by atoms with van der Waals surface area (Å²) < 4.78 is 22.2. The van der Waals surface area contributed by atoms with Crippen LogP contribution < -0.4 is 5.73 Å². The number of halogens is 2. The smallest absolute Gasteiger partial charge is 0.290 e. The minimum atomic E-state index is -0.284. The Kier molecular flexibility index (Phi) is 30.6. The first kappa shape index (κ1) is 52.9. The van der Waals surface area contributed by atoms with Crippen LogP contribution in [0.2, 0.25) is 5.02 Å². The number of thiol groups is 1. The van der Waals surface area contributed by atoms with Gasteiger partial charge in [-0.3, -0.25) is 24.3 Å². The monoisotopic (exact) mass is 834 g/mol. The molecule has 2 aliphatic rings. The first-order chi connectivity index (χ1) is 27.7. The Hall–Kier alpha value is -4.08. The number of nitrogens with two attached hydrogens (primary N) is 1. The van der Waals surface area contributed by atoms with Crippen molar-refractivity contribution < 1.29 is 33.7 Å². The molecule has 2 aromatic carbocycles. The van der Waals surface area contributed by atoms with E-state index in [0.717, 1.165) is 94.5 Å². The number of ether oxygens (including phenoxy) is 1. The molecule has 1 aromatic heterocycles. The number of hydrogen-bond acceptors (Lipinski definition) is 9. The van der Waals surface area contributed by atoms with Crippen molar-refractivity contribution in [3.63, 3.8) is 0 Å². The zero-order valence-corrected chi connectivity index (χ0v) is 35.9. The summed E-state index contributed by atoms with van der Waals surface area (Å²) >= 11 is 10.6. The highest BCUT2D eigenvalue weighted by Crippen LogP contribution is 2.28. The van der Waals surface area contributed by atoms with Crippen molar-refractivity contribution >= 4 is 61.3 Å². The summed E-state index contributed by atoms with van der Waals surface area (Å²) in [5, 5.41) is 14.3. The van der Waals surface area contributed by atoms with Gasteiger partial charge in [0.1, 0.15) is 17.1 Å². The van der Waals surface area contributed by atoms with Crippen LogP contribution >= 0.6 is 24.2 Å². The number of carbonyl (C=O) groups is 3. The lowest BCUT2D eigenvalue weighted by atomic mass is 9.93. The zero-order valence-electron chi connectivity index (χ0n) is 34.2. The maximum atomic E-state index is 14.0. The number of aryl methyl sites for hydroxylation is 1. The van der Waals surface area contributed by atoms with Crippen LogP contribution in [0.1, 0.15) is 76.8 Å². The molecule has 0 saturated carbocycles. The average molecular weight is 836 g/mol. The van der Waals surface area contributed by atoms with Gasteiger partial charge in [-0.05, 0) is 106 Å². The molecule has 1 unspecified atom stereocenters. The molecule has 3 aromatic rings. The number of piperidine rings is 1. The van der Waals surface area contributed by atoms with Gasteiger partial charge in [0.05, 0.1) is 24.1 Å². The molecule has 3 heterocycles. The van der Waals surface area contributed by atoms with Gasteiger partial charge in [0.25, 0.3) is 6.47 Å². The summed E-state index contributed by atoms with van der Waals surface area (Å²) in [6, 6.07) is 11.3. The number of aliphatic hydroxyl groups is 1. The number of primary amides is 1. The Morgan fingerprint density at radius 3 is 2.26 bits per heavy atom. The number of aliphatic imine (C=N–C) groups is 1. The van der Waals surface area contributed by atoms with Crippen LogP contribution in [-0.2, 0) is 45.1 Å². The molecule has 57 heavy (non-hydrogen) atoms. The molecule has 2 fully saturated rings. The Morgan fingerprint density at radius 1 is 1.11 bits per heavy atom. The minimum Gasteiger partial charge on any atom is -0.483 e. The van der Waals surface area contributed by atoms with Gasteiger partial charge in [0.15, 0.2) is 0 Å². The predicted molar refractivity (Wildman–Crippen MR) is 233 cm³/mol. The number of hydrogen-bond donors (Lipinski definition) is 4. The second-order valence-electron chi connectivity index (χ2n) is 12.4. The van der Waals surface area contributed by atoms with Gasteiger partial charge in [-0.2, -0.15) is 0 Å². The van der Waals surface area contributed by atoms with E-state index in [2.05, 4.69) is 59.0 Å². The lowest BCUT2D eigenvalue weighted by Gasteiger charge is -2.32. The molecule has 0 bridgehead atoms. The van der Waals surface area contributed by atoms with E-state index in [1.54, 1.807) is 17.0 Å². The Bertz CT molecular complexity index is 1620. The van der Waals surface area contributed by atoms with Gasteiger partial charge in [-0.25, -0.2) is 9.37 Å². The van der Waals surface area contributed by atoms with E-state index in [9.17, 15) is 9.18 Å². The summed E-state index contributed by atoms with van der Waals surface area (Å²) in [4.78, 5) is 40.5. The molecule has 2 amide bonds. The number of aromatic nitrogens is 2. The largest absolute Gasteiger partial charge is 0.483 e. The van der Waals surface area contributed by atoms with E-state index in [4.69, 9.17) is 53.8 Å². The van der Waals surface area contributed by atoms with Crippen LogP contribution in [0.15, 0.2) is 65.3 Å². The molecule has 0 radical (unpaired) electrons. The number of likely N-dealkylation sites (tertiary alicyclic amines) is 2. The third-order valence-corrected chi connectivity index (χ3v) is 9.30. The zero-order chi connectivity index (χ0) is 43.0. The highest BCUT2D eigenvalue weighted by atomic mass is 35.5. The van der Waals surface area contributed by atoms with Gasteiger partial charge < -0.3 is 30.2 Å². The maximum absolute atomic E-state index is 14.0. The van der Waals surface area contributed by atoms with E-state index in [1.165, 1.54) is 24.5 Å². The molecule has 318 valence electrons. The van der Waals surface area contributed by atoms with Crippen LogP contribution in [0.5, 0.6) is 0 Å². The van der Waals surface area contributed by atoms with Gasteiger partial charge in [-0.1, -0.05) is 63.6 Å². The first-order valence-corrected chi connectivity index (χ1v) is 20.2. The number of imidazole rings is 1. The van der Waals surface area contributed by atoms with Crippen molar-refractivity contribution in [1.82, 2.24) is 19.4 Å². The van der Waals surface area contributed by atoms with E-state index >= 15 is 0 Å². The molecule has 0 aliphatic carbocycles. The number of amides is 2. The molecule has 2 aliphatic heterocycles. The Morgan fingerprint density at radius 2 is 1.74 bits per heavy atom. The quantitative estimate of drug-likeness (QED) is 0.0431. The molecular formula is C42H64ClFN6O6S. The van der Waals surface area contributed by atoms with Gasteiger partial charge in [0, 0.05) is 43.4 Å². The second-order valence-corrected chi connectivity index (χ2v) is 13.4. The summed E-state index contributed by atoms with van der Waals surface area (Å²) in [6.45, 7) is 17.8. The number of aliphatic hydroxyl groups excluding tert-OH is 1. The third-order valence-electron chi connectivity index (χ3n) is 8.75.